The molecule has 0 aliphatic carbocycles. The van der Waals surface area contributed by atoms with E-state index in [-0.39, 0.29) is 0 Å². The lowest BCUT2D eigenvalue weighted by Gasteiger charge is -2.29. The van der Waals surface area contributed by atoms with Crippen molar-refractivity contribution in [2.45, 2.75) is 46.0 Å². The van der Waals surface area contributed by atoms with E-state index < -0.39 is 0 Å². The minimum atomic E-state index is 0.325. The Morgan fingerprint density at radius 2 is 1.75 bits per heavy atom. The maximum Gasteiger partial charge on any atom is 0.188 e. The monoisotopic (exact) mass is 246 g/mol. The molecule has 96 valence electrons. The van der Waals surface area contributed by atoms with Gasteiger partial charge in [-0.3, -0.25) is 4.79 Å². The van der Waals surface area contributed by atoms with Crippen LogP contribution in [0, 0.1) is 0 Å². The summed E-state index contributed by atoms with van der Waals surface area (Å²) < 4.78 is 1.05. The van der Waals surface area contributed by atoms with Crippen LogP contribution in [0.15, 0.2) is 0 Å². The number of thioether (sulfide) groups is 1. The van der Waals surface area contributed by atoms with Gasteiger partial charge in [-0.1, -0.05) is 38.5 Å². The van der Waals surface area contributed by atoms with E-state index in [1.807, 2.05) is 6.92 Å². The number of hydrogen-bond acceptors (Lipinski definition) is 2. The lowest BCUT2D eigenvalue weighted by molar-refractivity contribution is -0.888. The summed E-state index contributed by atoms with van der Waals surface area (Å²) in [6, 6.07) is 0. The Labute approximate surface area is 105 Å². The van der Waals surface area contributed by atoms with Gasteiger partial charge in [-0.25, -0.2) is 0 Å². The van der Waals surface area contributed by atoms with Crippen LogP contribution in [-0.4, -0.2) is 42.5 Å². The van der Waals surface area contributed by atoms with Crippen molar-refractivity contribution in [3.63, 3.8) is 0 Å². The Kier molecular flexibility index (Phi) is 9.04. The summed E-state index contributed by atoms with van der Waals surface area (Å²) in [5, 5.41) is 0.325. The van der Waals surface area contributed by atoms with Crippen LogP contribution in [-0.2, 0) is 4.79 Å². The van der Waals surface area contributed by atoms with Crippen LogP contribution in [0.25, 0.3) is 0 Å². The molecule has 0 aromatic heterocycles. The van der Waals surface area contributed by atoms with Crippen LogP contribution in [0.2, 0.25) is 0 Å². The van der Waals surface area contributed by atoms with E-state index in [1.165, 1.54) is 44.0 Å². The SMILES string of the molecule is CCCCCC[N+](C)(C)CCSC(=O)CC. The van der Waals surface area contributed by atoms with Gasteiger partial charge in [-0.15, -0.1) is 0 Å². The second-order valence-corrected chi connectivity index (χ2v) is 6.17. The molecule has 2 nitrogen and oxygen atoms in total. The van der Waals surface area contributed by atoms with Gasteiger partial charge in [0.15, 0.2) is 5.12 Å². The van der Waals surface area contributed by atoms with E-state index in [2.05, 4.69) is 21.0 Å². The highest BCUT2D eigenvalue weighted by atomic mass is 32.2. The highest BCUT2D eigenvalue weighted by Crippen LogP contribution is 2.10. The van der Waals surface area contributed by atoms with Gasteiger partial charge in [0.1, 0.15) is 0 Å². The van der Waals surface area contributed by atoms with Crippen molar-refractivity contribution in [1.29, 1.82) is 0 Å². The van der Waals surface area contributed by atoms with Gasteiger partial charge in [-0.2, -0.15) is 0 Å². The van der Waals surface area contributed by atoms with E-state index in [0.717, 1.165) is 16.8 Å². The molecule has 0 spiro atoms. The Morgan fingerprint density at radius 1 is 1.06 bits per heavy atom. The number of nitrogens with zero attached hydrogens (tertiary/aromatic N) is 1. The highest BCUT2D eigenvalue weighted by molar-refractivity contribution is 8.13. The average molecular weight is 246 g/mol. The Morgan fingerprint density at radius 3 is 2.31 bits per heavy atom. The third-order valence-corrected chi connectivity index (χ3v) is 3.86. The molecule has 0 aromatic rings. The van der Waals surface area contributed by atoms with Crippen LogP contribution < -0.4 is 0 Å². The molecule has 0 heterocycles. The number of rotatable bonds is 9. The van der Waals surface area contributed by atoms with Crippen LogP contribution in [0.5, 0.6) is 0 Å². The van der Waals surface area contributed by atoms with Crippen molar-refractivity contribution in [3.05, 3.63) is 0 Å². The molecule has 0 rings (SSSR count). The van der Waals surface area contributed by atoms with Gasteiger partial charge in [-0.05, 0) is 12.8 Å². The van der Waals surface area contributed by atoms with Crippen LogP contribution in [0.3, 0.4) is 0 Å². The maximum atomic E-state index is 11.2. The molecule has 0 unspecified atom stereocenters. The van der Waals surface area contributed by atoms with Gasteiger partial charge in [0.25, 0.3) is 0 Å². The fraction of sp³-hybridized carbons (Fsp3) is 0.923. The summed E-state index contributed by atoms with van der Waals surface area (Å²) in [6.45, 7) is 6.51. The first kappa shape index (κ1) is 16.0. The molecule has 0 aromatic carbocycles. The van der Waals surface area contributed by atoms with E-state index in [0.29, 0.717) is 11.5 Å². The molecule has 0 saturated carbocycles. The van der Waals surface area contributed by atoms with Crippen molar-refractivity contribution in [3.8, 4) is 0 Å². The van der Waals surface area contributed by atoms with Crippen molar-refractivity contribution < 1.29 is 9.28 Å². The molecule has 0 atom stereocenters. The zero-order chi connectivity index (χ0) is 12.4. The summed E-state index contributed by atoms with van der Waals surface area (Å²) in [4.78, 5) is 11.2. The molecule has 0 bridgehead atoms. The van der Waals surface area contributed by atoms with E-state index in [1.54, 1.807) is 0 Å². The van der Waals surface area contributed by atoms with E-state index in [4.69, 9.17) is 0 Å². The molecule has 0 fully saturated rings. The zero-order valence-corrected chi connectivity index (χ0v) is 12.2. The molecule has 16 heavy (non-hydrogen) atoms. The quantitative estimate of drug-likeness (QED) is 0.458. The molecular weight excluding hydrogens is 218 g/mol. The first-order chi connectivity index (χ1) is 7.52. The van der Waals surface area contributed by atoms with Crippen molar-refractivity contribution in [2.24, 2.45) is 0 Å². The number of carbonyl (C=O) groups excluding carboxylic acids is 1. The number of unbranched alkanes of at least 4 members (excludes halogenated alkanes) is 3. The molecule has 0 aliphatic heterocycles. The highest BCUT2D eigenvalue weighted by Gasteiger charge is 2.14. The topological polar surface area (TPSA) is 17.1 Å². The fourth-order valence-electron chi connectivity index (χ4n) is 1.59. The third-order valence-electron chi connectivity index (χ3n) is 2.87. The Balaban J connectivity index is 3.57. The van der Waals surface area contributed by atoms with Gasteiger partial charge in [0.2, 0.25) is 0 Å². The average Bonchev–Trinajstić information content (AvgIpc) is 2.24. The molecule has 3 heteroatoms. The third kappa shape index (κ3) is 9.22. The van der Waals surface area contributed by atoms with Gasteiger partial charge in [0, 0.05) is 6.42 Å². The van der Waals surface area contributed by atoms with Crippen molar-refractivity contribution >= 4 is 16.9 Å². The fourth-order valence-corrected chi connectivity index (χ4v) is 2.60. The molecule has 0 radical (unpaired) electrons. The lowest BCUT2D eigenvalue weighted by Crippen LogP contribution is -2.42. The smallest absolute Gasteiger partial charge is 0.188 e. The summed E-state index contributed by atoms with van der Waals surface area (Å²) in [7, 11) is 4.53. The second-order valence-electron chi connectivity index (χ2n) is 5.02. The summed E-state index contributed by atoms with van der Waals surface area (Å²) in [5.41, 5.74) is 0. The van der Waals surface area contributed by atoms with Crippen LogP contribution in [0.4, 0.5) is 0 Å². The lowest BCUT2D eigenvalue weighted by atomic mass is 10.2. The summed E-state index contributed by atoms with van der Waals surface area (Å²) >= 11 is 1.49. The Hall–Kier alpha value is -0.0200. The minimum Gasteiger partial charge on any atom is -0.328 e. The largest absolute Gasteiger partial charge is 0.328 e. The Bertz CT molecular complexity index is 192. The van der Waals surface area contributed by atoms with Gasteiger partial charge >= 0.3 is 0 Å². The van der Waals surface area contributed by atoms with Gasteiger partial charge < -0.3 is 4.48 Å². The van der Waals surface area contributed by atoms with E-state index >= 15 is 0 Å². The molecular formula is C13H28NOS+. The first-order valence-electron chi connectivity index (χ1n) is 6.49. The predicted molar refractivity (Wildman–Crippen MR) is 73.7 cm³/mol. The standard InChI is InChI=1S/C13H28NOS/c1-5-7-8-9-10-14(3,4)11-12-16-13(15)6-2/h5-12H2,1-4H3/q+1. The summed E-state index contributed by atoms with van der Waals surface area (Å²) in [6.07, 6.45) is 5.97. The molecule has 0 amide bonds. The number of quaternary nitrogens is 1. The van der Waals surface area contributed by atoms with Crippen molar-refractivity contribution in [1.82, 2.24) is 0 Å². The number of carbonyl (C=O) groups is 1. The minimum absolute atomic E-state index is 0.325. The summed E-state index contributed by atoms with van der Waals surface area (Å²) in [5.74, 6) is 0.966. The van der Waals surface area contributed by atoms with Crippen molar-refractivity contribution in [2.75, 3.05) is 32.9 Å². The van der Waals surface area contributed by atoms with E-state index in [9.17, 15) is 4.79 Å². The second kappa shape index (κ2) is 9.06. The molecule has 0 saturated heterocycles. The molecule has 0 N–H and O–H groups in total. The molecule has 0 aliphatic rings. The van der Waals surface area contributed by atoms with Crippen LogP contribution in [0.1, 0.15) is 46.0 Å². The van der Waals surface area contributed by atoms with Crippen LogP contribution >= 0.6 is 11.8 Å². The van der Waals surface area contributed by atoms with Gasteiger partial charge in [0.05, 0.1) is 32.9 Å². The predicted octanol–water partition coefficient (Wildman–Crippen LogP) is 3.31. The first-order valence-corrected chi connectivity index (χ1v) is 7.48. The normalized spacial score (nSPS) is 11.8. The number of hydrogen-bond donors (Lipinski definition) is 0. The zero-order valence-electron chi connectivity index (χ0n) is 11.4. The maximum absolute atomic E-state index is 11.2.